The summed E-state index contributed by atoms with van der Waals surface area (Å²) in [6, 6.07) is 10.7. The molecule has 2 aromatic heterocycles. The monoisotopic (exact) mass is 580 g/mol. The lowest BCUT2D eigenvalue weighted by atomic mass is 9.79. The van der Waals surface area contributed by atoms with E-state index in [1.54, 1.807) is 29.6 Å². The van der Waals surface area contributed by atoms with Crippen LogP contribution in [0.1, 0.15) is 48.9 Å². The lowest BCUT2D eigenvalue weighted by Gasteiger charge is -2.37. The highest BCUT2D eigenvalue weighted by Gasteiger charge is 2.39. The molecular formula is C30H31F3N6O3. The highest BCUT2D eigenvalue weighted by molar-refractivity contribution is 5.86. The average molecular weight is 581 g/mol. The van der Waals surface area contributed by atoms with Crippen LogP contribution in [-0.4, -0.2) is 62.1 Å². The smallest absolute Gasteiger partial charge is 0.384 e. The van der Waals surface area contributed by atoms with Crippen molar-refractivity contribution in [2.75, 3.05) is 13.1 Å². The number of carbonyl (C=O) groups is 1. The fraction of sp³-hybridized carbons (Fsp3) is 0.400. The molecule has 1 unspecified atom stereocenters. The van der Waals surface area contributed by atoms with E-state index in [1.165, 1.54) is 18.2 Å². The van der Waals surface area contributed by atoms with E-state index < -0.39 is 23.4 Å². The second-order valence-electron chi connectivity index (χ2n) is 11.0. The lowest BCUT2D eigenvalue weighted by Crippen LogP contribution is -2.46. The van der Waals surface area contributed by atoms with E-state index in [2.05, 4.69) is 25.7 Å². The Morgan fingerprint density at radius 3 is 2.52 bits per heavy atom. The molecule has 1 saturated heterocycles. The number of hydrogen-bond acceptors (Lipinski definition) is 8. The molecule has 2 aliphatic heterocycles. The topological polar surface area (TPSA) is 112 Å². The SMILES string of the molecule is O=C(C1C=C(c2cccc(C(F)(F)F)c2)NO1)N1CC[C@H](NC2CCC(O)(c3ccc(-c4ncccn4)cn3)CC2)C1. The van der Waals surface area contributed by atoms with Crippen LogP contribution in [0.5, 0.6) is 0 Å². The molecule has 1 aliphatic carbocycles. The summed E-state index contributed by atoms with van der Waals surface area (Å²) in [5.41, 5.74) is 2.91. The molecule has 2 fully saturated rings. The molecule has 1 amide bonds. The molecule has 0 radical (unpaired) electrons. The van der Waals surface area contributed by atoms with Crippen LogP contribution in [0.4, 0.5) is 13.2 Å². The standard InChI is InChI=1S/C30H31F3N6O3/c31-30(32,33)21-4-1-3-19(15-21)24-16-25(42-38-24)28(40)39-14-9-23(18-39)37-22-7-10-29(41,11-8-22)26-6-5-20(17-36-26)27-34-12-2-13-35-27/h1-6,12-13,15-17,22-23,25,37-38,41H,7-11,14,18H2/t22?,23-,25?,29?/m0/s1. The van der Waals surface area contributed by atoms with Gasteiger partial charge in [0.1, 0.15) is 5.60 Å². The van der Waals surface area contributed by atoms with Crippen molar-refractivity contribution >= 4 is 11.6 Å². The number of amides is 1. The third-order valence-electron chi connectivity index (χ3n) is 8.21. The minimum atomic E-state index is -4.46. The summed E-state index contributed by atoms with van der Waals surface area (Å²) >= 11 is 0. The van der Waals surface area contributed by atoms with Gasteiger partial charge < -0.3 is 15.3 Å². The zero-order valence-corrected chi connectivity index (χ0v) is 22.7. The van der Waals surface area contributed by atoms with Crippen molar-refractivity contribution in [2.45, 2.75) is 62.1 Å². The average Bonchev–Trinajstić information content (AvgIpc) is 3.69. The van der Waals surface area contributed by atoms with Crippen LogP contribution in [0.2, 0.25) is 0 Å². The number of hydroxylamine groups is 1. The summed E-state index contributed by atoms with van der Waals surface area (Å²) in [5.74, 6) is 0.352. The van der Waals surface area contributed by atoms with Crippen molar-refractivity contribution in [3.63, 3.8) is 0 Å². The second kappa shape index (κ2) is 11.4. The lowest BCUT2D eigenvalue weighted by molar-refractivity contribution is -0.141. The summed E-state index contributed by atoms with van der Waals surface area (Å²) in [4.78, 5) is 33.2. The van der Waals surface area contributed by atoms with Gasteiger partial charge in [-0.25, -0.2) is 9.97 Å². The van der Waals surface area contributed by atoms with Gasteiger partial charge in [-0.1, -0.05) is 12.1 Å². The Balaban J connectivity index is 0.999. The van der Waals surface area contributed by atoms with Crippen LogP contribution in [0.25, 0.3) is 17.1 Å². The summed E-state index contributed by atoms with van der Waals surface area (Å²) < 4.78 is 39.3. The Labute approximate surface area is 240 Å². The Bertz CT molecular complexity index is 1440. The second-order valence-corrected chi connectivity index (χ2v) is 11.0. The number of alkyl halides is 3. The van der Waals surface area contributed by atoms with Crippen molar-refractivity contribution in [2.24, 2.45) is 0 Å². The van der Waals surface area contributed by atoms with Crippen molar-refractivity contribution < 1.29 is 27.9 Å². The number of likely N-dealkylation sites (tertiary alicyclic amines) is 1. The first-order valence-electron chi connectivity index (χ1n) is 14.0. The molecule has 0 spiro atoms. The molecule has 9 nitrogen and oxygen atoms in total. The van der Waals surface area contributed by atoms with Crippen molar-refractivity contribution in [1.29, 1.82) is 0 Å². The molecule has 1 saturated carbocycles. The molecule has 0 bridgehead atoms. The summed E-state index contributed by atoms with van der Waals surface area (Å²) in [7, 11) is 0. The number of aromatic nitrogens is 3. The molecule has 3 N–H and O–H groups in total. The maximum Gasteiger partial charge on any atom is 0.416 e. The van der Waals surface area contributed by atoms with E-state index in [4.69, 9.17) is 4.84 Å². The predicted octanol–water partition coefficient (Wildman–Crippen LogP) is 3.82. The number of carbonyl (C=O) groups excluding carboxylic acids is 1. The summed E-state index contributed by atoms with van der Waals surface area (Å²) in [6.45, 7) is 1.07. The molecule has 6 rings (SSSR count). The van der Waals surface area contributed by atoms with Gasteiger partial charge in [0.05, 0.1) is 17.0 Å². The first kappa shape index (κ1) is 28.3. The minimum absolute atomic E-state index is 0.106. The van der Waals surface area contributed by atoms with E-state index in [1.807, 2.05) is 12.1 Å². The number of benzene rings is 1. The fourth-order valence-electron chi connectivity index (χ4n) is 5.86. The van der Waals surface area contributed by atoms with Gasteiger partial charge in [0.15, 0.2) is 11.9 Å². The van der Waals surface area contributed by atoms with Crippen LogP contribution >= 0.6 is 0 Å². The highest BCUT2D eigenvalue weighted by atomic mass is 19.4. The van der Waals surface area contributed by atoms with Gasteiger partial charge in [-0.05, 0) is 68.5 Å². The molecule has 4 heterocycles. The molecule has 2 atom stereocenters. The first-order chi connectivity index (χ1) is 20.2. The van der Waals surface area contributed by atoms with Crippen molar-refractivity contribution in [3.05, 3.63) is 84.0 Å². The Hall–Kier alpha value is -3.87. The van der Waals surface area contributed by atoms with Gasteiger partial charge in [0.25, 0.3) is 5.91 Å². The molecule has 12 heteroatoms. The van der Waals surface area contributed by atoms with Crippen LogP contribution in [0.15, 0.2) is 67.1 Å². The maximum absolute atomic E-state index is 13.1. The van der Waals surface area contributed by atoms with Gasteiger partial charge in [-0.15, -0.1) is 0 Å². The van der Waals surface area contributed by atoms with Gasteiger partial charge >= 0.3 is 6.18 Å². The van der Waals surface area contributed by atoms with E-state index in [-0.39, 0.29) is 18.0 Å². The predicted molar refractivity (Wildman–Crippen MR) is 147 cm³/mol. The molecule has 3 aromatic rings. The summed E-state index contributed by atoms with van der Waals surface area (Å²) in [6.07, 6.45) is 4.65. The number of rotatable bonds is 6. The molecule has 220 valence electrons. The normalized spacial score (nSPS) is 26.1. The van der Waals surface area contributed by atoms with Gasteiger partial charge in [-0.3, -0.25) is 20.1 Å². The van der Waals surface area contributed by atoms with Crippen molar-refractivity contribution in [1.82, 2.24) is 30.6 Å². The number of nitrogens with one attached hydrogen (secondary N) is 2. The van der Waals surface area contributed by atoms with E-state index in [9.17, 15) is 23.1 Å². The first-order valence-corrected chi connectivity index (χ1v) is 14.0. The van der Waals surface area contributed by atoms with Crippen LogP contribution < -0.4 is 10.8 Å². The largest absolute Gasteiger partial charge is 0.416 e. The number of halogens is 3. The van der Waals surface area contributed by atoms with Gasteiger partial charge in [0.2, 0.25) is 0 Å². The van der Waals surface area contributed by atoms with Crippen LogP contribution in [0.3, 0.4) is 0 Å². The molecule has 42 heavy (non-hydrogen) atoms. The zero-order chi connectivity index (χ0) is 29.3. The number of aliphatic hydroxyl groups is 1. The van der Waals surface area contributed by atoms with E-state index >= 15 is 0 Å². The maximum atomic E-state index is 13.1. The van der Waals surface area contributed by atoms with Crippen molar-refractivity contribution in [3.8, 4) is 11.4 Å². The molecule has 3 aliphatic rings. The Kier molecular flexibility index (Phi) is 7.69. The summed E-state index contributed by atoms with van der Waals surface area (Å²) in [5, 5.41) is 15.0. The van der Waals surface area contributed by atoms with Gasteiger partial charge in [-0.2, -0.15) is 13.2 Å². The highest BCUT2D eigenvalue weighted by Crippen LogP contribution is 2.37. The number of nitrogens with zero attached hydrogens (tertiary/aromatic N) is 4. The molecular weight excluding hydrogens is 549 g/mol. The molecule has 1 aromatic carbocycles. The quantitative estimate of drug-likeness (QED) is 0.404. The van der Waals surface area contributed by atoms with Crippen LogP contribution in [-0.2, 0) is 21.4 Å². The minimum Gasteiger partial charge on any atom is -0.384 e. The fourth-order valence-corrected chi connectivity index (χ4v) is 5.86. The number of hydrogen-bond donors (Lipinski definition) is 3. The van der Waals surface area contributed by atoms with E-state index in [0.717, 1.165) is 37.0 Å². The third-order valence-corrected chi connectivity index (χ3v) is 8.21. The van der Waals surface area contributed by atoms with Crippen LogP contribution in [0, 0.1) is 0 Å². The Morgan fingerprint density at radius 2 is 1.81 bits per heavy atom. The number of pyridine rings is 1. The Morgan fingerprint density at radius 1 is 1.02 bits per heavy atom. The van der Waals surface area contributed by atoms with E-state index in [0.29, 0.717) is 48.7 Å². The van der Waals surface area contributed by atoms with Gasteiger partial charge in [0, 0.05) is 54.9 Å². The zero-order valence-electron chi connectivity index (χ0n) is 22.7. The third kappa shape index (κ3) is 6.01.